The molecule has 0 amide bonds. The summed E-state index contributed by atoms with van der Waals surface area (Å²) in [5.41, 5.74) is 0.851. The van der Waals surface area contributed by atoms with Crippen molar-refractivity contribution in [2.24, 2.45) is 16.7 Å². The number of aromatic hydroxyl groups is 2. The highest BCUT2D eigenvalue weighted by molar-refractivity contribution is 9.10. The van der Waals surface area contributed by atoms with Gasteiger partial charge in [0.05, 0.1) is 4.47 Å². The fraction of sp³-hybridized carbons (Fsp3) is 0.526. The van der Waals surface area contributed by atoms with Gasteiger partial charge in [-0.1, -0.05) is 20.8 Å². The van der Waals surface area contributed by atoms with Crippen molar-refractivity contribution in [2.75, 3.05) is 0 Å². The van der Waals surface area contributed by atoms with Gasteiger partial charge in [-0.25, -0.2) is 4.79 Å². The van der Waals surface area contributed by atoms with Gasteiger partial charge in [-0.3, -0.25) is 0 Å². The number of phenolic OH excluding ortho intramolecular Hbond substituents is 2. The molecule has 3 atom stereocenters. The third-order valence-electron chi connectivity index (χ3n) is 6.45. The van der Waals surface area contributed by atoms with Gasteiger partial charge in [-0.2, -0.15) is 0 Å². The number of rotatable bonds is 3. The second kappa shape index (κ2) is 5.80. The maximum Gasteiger partial charge on any atom is 0.331 e. The molecule has 0 aliphatic heterocycles. The number of carbonyl (C=O) groups is 1. The Morgan fingerprint density at radius 2 is 2.04 bits per heavy atom. The van der Waals surface area contributed by atoms with E-state index in [1.54, 1.807) is 12.1 Å². The molecule has 3 unspecified atom stereocenters. The van der Waals surface area contributed by atoms with E-state index in [1.807, 2.05) is 0 Å². The molecule has 2 bridgehead atoms. The predicted octanol–water partition coefficient (Wildman–Crippen LogP) is 4.63. The van der Waals surface area contributed by atoms with Crippen LogP contribution in [0.25, 0.3) is 6.08 Å². The minimum atomic E-state index is -0.367. The average Bonchev–Trinajstić information content (AvgIpc) is 2.84. The summed E-state index contributed by atoms with van der Waals surface area (Å²) in [5.74, 6) is -0.200. The first-order valence-electron chi connectivity index (χ1n) is 8.25. The minimum Gasteiger partial charge on any atom is -0.504 e. The van der Waals surface area contributed by atoms with E-state index in [0.29, 0.717) is 16.0 Å². The zero-order valence-corrected chi connectivity index (χ0v) is 15.8. The maximum atomic E-state index is 12.2. The van der Waals surface area contributed by atoms with Crippen molar-refractivity contribution in [3.8, 4) is 11.5 Å². The Bertz CT molecular complexity index is 686. The van der Waals surface area contributed by atoms with Crippen LogP contribution in [0.4, 0.5) is 0 Å². The van der Waals surface area contributed by atoms with Crippen LogP contribution >= 0.6 is 15.9 Å². The van der Waals surface area contributed by atoms with Gasteiger partial charge < -0.3 is 14.9 Å². The average molecular weight is 395 g/mol. The topological polar surface area (TPSA) is 66.8 Å². The van der Waals surface area contributed by atoms with Crippen molar-refractivity contribution < 1.29 is 19.7 Å². The van der Waals surface area contributed by atoms with Crippen LogP contribution in [0.2, 0.25) is 0 Å². The van der Waals surface area contributed by atoms with Crippen LogP contribution < -0.4 is 0 Å². The lowest BCUT2D eigenvalue weighted by molar-refractivity contribution is -0.150. The number of carbonyl (C=O) groups excluding carboxylic acids is 1. The second-order valence-electron chi connectivity index (χ2n) is 7.74. The van der Waals surface area contributed by atoms with Crippen LogP contribution in [-0.4, -0.2) is 22.3 Å². The van der Waals surface area contributed by atoms with Crippen LogP contribution in [0.3, 0.4) is 0 Å². The first kappa shape index (κ1) is 17.3. The monoisotopic (exact) mass is 394 g/mol. The molecule has 3 rings (SSSR count). The van der Waals surface area contributed by atoms with Crippen molar-refractivity contribution in [2.45, 2.75) is 46.1 Å². The molecule has 0 heterocycles. The van der Waals surface area contributed by atoms with Crippen molar-refractivity contribution in [1.82, 2.24) is 0 Å². The van der Waals surface area contributed by atoms with E-state index in [9.17, 15) is 15.0 Å². The molecular formula is C19H23BrO4. The van der Waals surface area contributed by atoms with E-state index in [0.717, 1.165) is 12.8 Å². The van der Waals surface area contributed by atoms with Gasteiger partial charge in [0.1, 0.15) is 6.10 Å². The fourth-order valence-electron chi connectivity index (χ4n) is 4.35. The molecule has 2 aliphatic rings. The molecule has 24 heavy (non-hydrogen) atoms. The van der Waals surface area contributed by atoms with Gasteiger partial charge in [0.2, 0.25) is 0 Å². The molecule has 0 saturated heterocycles. The third-order valence-corrected chi connectivity index (χ3v) is 7.05. The molecular weight excluding hydrogens is 372 g/mol. The van der Waals surface area contributed by atoms with Gasteiger partial charge in [0.25, 0.3) is 0 Å². The maximum absolute atomic E-state index is 12.2. The van der Waals surface area contributed by atoms with Crippen LogP contribution in [0.1, 0.15) is 45.6 Å². The zero-order valence-electron chi connectivity index (χ0n) is 14.2. The number of fused-ring (bicyclic) bond motifs is 2. The molecule has 2 saturated carbocycles. The lowest BCUT2D eigenvalue weighted by atomic mass is 9.70. The summed E-state index contributed by atoms with van der Waals surface area (Å²) in [4.78, 5) is 12.2. The Kier molecular flexibility index (Phi) is 4.19. The summed E-state index contributed by atoms with van der Waals surface area (Å²) in [6, 6.07) is 3.02. The number of hydrogen-bond acceptors (Lipinski definition) is 4. The number of ether oxygens (including phenoxy) is 1. The summed E-state index contributed by atoms with van der Waals surface area (Å²) in [6.07, 6.45) is 6.17. The molecule has 4 nitrogen and oxygen atoms in total. The molecule has 2 fully saturated rings. The summed E-state index contributed by atoms with van der Waals surface area (Å²) < 4.78 is 6.11. The number of phenols is 2. The van der Waals surface area contributed by atoms with Gasteiger partial charge >= 0.3 is 5.97 Å². The van der Waals surface area contributed by atoms with Crippen LogP contribution in [0.5, 0.6) is 11.5 Å². The predicted molar refractivity (Wildman–Crippen MR) is 95.6 cm³/mol. The molecule has 0 aromatic heterocycles. The first-order valence-corrected chi connectivity index (χ1v) is 9.04. The second-order valence-corrected chi connectivity index (χ2v) is 8.59. The molecule has 1 aromatic carbocycles. The van der Waals surface area contributed by atoms with E-state index in [2.05, 4.69) is 36.7 Å². The Morgan fingerprint density at radius 3 is 2.58 bits per heavy atom. The number of hydrogen-bond donors (Lipinski definition) is 2. The largest absolute Gasteiger partial charge is 0.504 e. The highest BCUT2D eigenvalue weighted by Gasteiger charge is 2.62. The quantitative estimate of drug-likeness (QED) is 0.445. The zero-order chi connectivity index (χ0) is 17.7. The van der Waals surface area contributed by atoms with Crippen molar-refractivity contribution in [3.05, 3.63) is 28.2 Å². The van der Waals surface area contributed by atoms with Crippen LogP contribution in [0.15, 0.2) is 22.7 Å². The normalized spacial score (nSPS) is 30.8. The van der Waals surface area contributed by atoms with E-state index in [1.165, 1.54) is 18.6 Å². The first-order chi connectivity index (χ1) is 11.1. The molecule has 0 radical (unpaired) electrons. The van der Waals surface area contributed by atoms with E-state index >= 15 is 0 Å². The van der Waals surface area contributed by atoms with Crippen LogP contribution in [-0.2, 0) is 9.53 Å². The van der Waals surface area contributed by atoms with E-state index in [4.69, 9.17) is 4.74 Å². The molecule has 1 aromatic rings. The number of halogens is 1. The van der Waals surface area contributed by atoms with Gasteiger partial charge in [-0.15, -0.1) is 0 Å². The summed E-state index contributed by atoms with van der Waals surface area (Å²) in [7, 11) is 0. The lowest BCUT2D eigenvalue weighted by Gasteiger charge is -2.38. The molecule has 0 spiro atoms. The summed E-state index contributed by atoms with van der Waals surface area (Å²) >= 11 is 3.16. The van der Waals surface area contributed by atoms with Crippen molar-refractivity contribution in [3.63, 3.8) is 0 Å². The Balaban J connectivity index is 1.69. The fourth-order valence-corrected chi connectivity index (χ4v) is 4.82. The van der Waals surface area contributed by atoms with Crippen molar-refractivity contribution in [1.29, 1.82) is 0 Å². The Morgan fingerprint density at radius 1 is 1.33 bits per heavy atom. The highest BCUT2D eigenvalue weighted by Crippen LogP contribution is 2.66. The summed E-state index contributed by atoms with van der Waals surface area (Å²) in [6.45, 7) is 6.80. The SMILES string of the molecule is CC1(C)C2CCC1(C)C(OC(=O)/C=C/c1cc(O)c(O)c(Br)c1)C2. The van der Waals surface area contributed by atoms with Crippen LogP contribution in [0, 0.1) is 16.7 Å². The van der Waals surface area contributed by atoms with Crippen molar-refractivity contribution >= 4 is 28.0 Å². The Hall–Kier alpha value is -1.49. The Labute approximate surface area is 150 Å². The summed E-state index contributed by atoms with van der Waals surface area (Å²) in [5, 5.41) is 19.1. The van der Waals surface area contributed by atoms with Gasteiger partial charge in [-0.05, 0) is 70.3 Å². The van der Waals surface area contributed by atoms with E-state index in [-0.39, 0.29) is 34.4 Å². The molecule has 5 heteroatoms. The van der Waals surface area contributed by atoms with E-state index < -0.39 is 0 Å². The molecule has 130 valence electrons. The number of benzene rings is 1. The third kappa shape index (κ3) is 2.63. The smallest absolute Gasteiger partial charge is 0.331 e. The van der Waals surface area contributed by atoms with Gasteiger partial charge in [0.15, 0.2) is 11.5 Å². The highest BCUT2D eigenvalue weighted by atomic mass is 79.9. The molecule has 2 aliphatic carbocycles. The minimum absolute atomic E-state index is 0.0386. The standard InChI is InChI=1S/C19H23BrO4/c1-18(2)12-6-7-19(18,3)15(10-12)24-16(22)5-4-11-8-13(20)17(23)14(21)9-11/h4-5,8-9,12,15,21,23H,6-7,10H2,1-3H3/b5-4+. The van der Waals surface area contributed by atoms with Gasteiger partial charge in [0, 0.05) is 11.5 Å². The number of esters is 1. The lowest BCUT2D eigenvalue weighted by Crippen LogP contribution is -2.38. The molecule has 2 N–H and O–H groups in total.